The van der Waals surface area contributed by atoms with Gasteiger partial charge >= 0.3 is 49.8 Å². The Balaban J connectivity index is 0.000000292. The number of rotatable bonds is 0. The minimum absolute atomic E-state index is 0.890. The van der Waals surface area contributed by atoms with Crippen LogP contribution in [0.15, 0.2) is 18.2 Å². The van der Waals surface area contributed by atoms with Gasteiger partial charge in [0, 0.05) is 0 Å². The molecule has 0 aromatic heterocycles. The topological polar surface area (TPSA) is 0 Å². The van der Waals surface area contributed by atoms with Crippen molar-refractivity contribution in [3.05, 3.63) is 24.3 Å². The number of halogens is 2. The van der Waals surface area contributed by atoms with E-state index in [1.807, 2.05) is 0 Å². The molecular weight excluding hydrogens is 456 g/mol. The molecule has 3 heteroatoms. The predicted molar refractivity (Wildman–Crippen MR) is 63.5 cm³/mol. The van der Waals surface area contributed by atoms with Crippen LogP contribution in [0.25, 0.3) is 0 Å². The average Bonchev–Trinajstić information content (AvgIpc) is 1.86. The van der Waals surface area contributed by atoms with Gasteiger partial charge in [0.2, 0.25) is 0 Å². The Morgan fingerprint density at radius 3 is 2.45 bits per heavy atom. The van der Waals surface area contributed by atoms with Crippen molar-refractivity contribution in [2.45, 2.75) is 25.7 Å². The van der Waals surface area contributed by atoms with Gasteiger partial charge in [-0.1, -0.05) is 25.0 Å². The molecule has 0 aromatic carbocycles. The van der Waals surface area contributed by atoms with Crippen molar-refractivity contribution in [2.24, 2.45) is 0 Å². The van der Waals surface area contributed by atoms with Gasteiger partial charge in [0.1, 0.15) is 0 Å². The van der Waals surface area contributed by atoms with Gasteiger partial charge in [0.05, 0.1) is 0 Å². The van der Waals surface area contributed by atoms with E-state index in [0.717, 1.165) is 17.2 Å². The zero-order valence-electron chi connectivity index (χ0n) is 6.13. The third kappa shape index (κ3) is 11.6. The maximum atomic E-state index is 3.21. The molecule has 0 atom stereocenters. The van der Waals surface area contributed by atoms with Crippen LogP contribution in [-0.4, -0.2) is 0 Å². The number of allylic oxidation sites excluding steroid dienone is 4. The van der Waals surface area contributed by atoms with Crippen LogP contribution in [0.4, 0.5) is 0 Å². The molecule has 0 unspecified atom stereocenters. The first-order valence-corrected chi connectivity index (χ1v) is 12.7. The van der Waals surface area contributed by atoms with E-state index in [4.69, 9.17) is 0 Å². The molecule has 0 saturated carbocycles. The molecule has 68 valence electrons. The third-order valence-electron chi connectivity index (χ3n) is 1.24. The molecule has 0 nitrogen and oxygen atoms in total. The van der Waals surface area contributed by atoms with Crippen molar-refractivity contribution in [2.75, 3.05) is 0 Å². The van der Waals surface area contributed by atoms with Crippen molar-refractivity contribution < 1.29 is 10.8 Å². The molecule has 11 heavy (non-hydrogen) atoms. The Morgan fingerprint density at radius 2 is 1.73 bits per heavy atom. The minimum atomic E-state index is 0.890. The van der Waals surface area contributed by atoms with Gasteiger partial charge in [-0.3, -0.25) is 6.08 Å². The molecular formula is C8H11I2Pd-. The molecule has 1 aliphatic carbocycles. The Morgan fingerprint density at radius 1 is 1.09 bits per heavy atom. The Labute approximate surface area is 98.4 Å². The zero-order chi connectivity index (χ0) is 8.36. The van der Waals surface area contributed by atoms with Crippen LogP contribution in [0.2, 0.25) is 0 Å². The summed E-state index contributed by atoms with van der Waals surface area (Å²) in [4.78, 5) is 0. The van der Waals surface area contributed by atoms with Gasteiger partial charge in [-0.05, 0) is 6.42 Å². The molecule has 0 amide bonds. The summed E-state index contributed by atoms with van der Waals surface area (Å²) in [5.74, 6) is 0. The monoisotopic (exact) mass is 467 g/mol. The second kappa shape index (κ2) is 11.6. The summed E-state index contributed by atoms with van der Waals surface area (Å²) in [6.45, 7) is 0. The Bertz CT molecular complexity index is 95.3. The Kier molecular flexibility index (Phi) is 13.3. The fourth-order valence-corrected chi connectivity index (χ4v) is 0.786. The molecule has 0 bridgehead atoms. The fraction of sp³-hybridized carbons (Fsp3) is 0.500. The first-order valence-electron chi connectivity index (χ1n) is 3.44. The van der Waals surface area contributed by atoms with Gasteiger partial charge in [-0.15, -0.1) is 0 Å². The van der Waals surface area contributed by atoms with Crippen molar-refractivity contribution in [3.8, 4) is 0 Å². The quantitative estimate of drug-likeness (QED) is 0.216. The molecule has 0 fully saturated rings. The molecule has 0 heterocycles. The van der Waals surface area contributed by atoms with Crippen molar-refractivity contribution in [1.29, 1.82) is 0 Å². The van der Waals surface area contributed by atoms with Crippen LogP contribution in [-0.2, 0) is 10.8 Å². The molecule has 0 radical (unpaired) electrons. The van der Waals surface area contributed by atoms with Crippen LogP contribution in [0.5, 0.6) is 0 Å². The van der Waals surface area contributed by atoms with Crippen molar-refractivity contribution >= 4 is 39.0 Å². The van der Waals surface area contributed by atoms with E-state index >= 15 is 0 Å². The average molecular weight is 467 g/mol. The number of hydrogen-bond acceptors (Lipinski definition) is 0. The normalized spacial score (nSPS) is 16.5. The van der Waals surface area contributed by atoms with E-state index in [0.29, 0.717) is 0 Å². The standard InChI is InChI=1S/C8H11.2HI.Pd/c1-2-4-6-8-7-5-3-1;;;/h1-2,7H,3-6H2;2*1H;/q-1;;;+2/p-2. The first-order chi connectivity index (χ1) is 5.41. The third-order valence-corrected chi connectivity index (χ3v) is 1.24. The van der Waals surface area contributed by atoms with Crippen LogP contribution in [0.1, 0.15) is 25.7 Å². The van der Waals surface area contributed by atoms with Gasteiger partial charge in [0.15, 0.2) is 0 Å². The summed E-state index contributed by atoms with van der Waals surface area (Å²) < 4.78 is 0. The summed E-state index contributed by atoms with van der Waals surface area (Å²) in [5, 5.41) is 0. The molecule has 0 spiro atoms. The van der Waals surface area contributed by atoms with Gasteiger partial charge < -0.3 is 6.08 Å². The summed E-state index contributed by atoms with van der Waals surface area (Å²) in [5.41, 5.74) is 0. The maximum absolute atomic E-state index is 3.21. The molecule has 0 N–H and O–H groups in total. The van der Waals surface area contributed by atoms with Crippen LogP contribution in [0.3, 0.4) is 0 Å². The van der Waals surface area contributed by atoms with E-state index in [2.05, 4.69) is 63.3 Å². The molecule has 0 aromatic rings. The number of hydrogen-bond donors (Lipinski definition) is 0. The van der Waals surface area contributed by atoms with E-state index in [-0.39, 0.29) is 0 Å². The Hall–Kier alpha value is 1.60. The van der Waals surface area contributed by atoms with Gasteiger partial charge in [0.25, 0.3) is 0 Å². The zero-order valence-corrected chi connectivity index (χ0v) is 12.0. The first kappa shape index (κ1) is 12.6. The summed E-state index contributed by atoms with van der Waals surface area (Å²) in [7, 11) is 0.890. The van der Waals surface area contributed by atoms with E-state index in [1.54, 1.807) is 0 Å². The second-order valence-electron chi connectivity index (χ2n) is 2.04. The predicted octanol–water partition coefficient (Wildman–Crippen LogP) is 4.24. The summed E-state index contributed by atoms with van der Waals surface area (Å²) in [6, 6.07) is 0. The second-order valence-corrected chi connectivity index (χ2v) is 14.0. The van der Waals surface area contributed by atoms with Crippen LogP contribution >= 0.6 is 39.0 Å². The van der Waals surface area contributed by atoms with Crippen LogP contribution in [0, 0.1) is 6.08 Å². The van der Waals surface area contributed by atoms with E-state index in [1.165, 1.54) is 19.3 Å². The molecule has 0 saturated heterocycles. The van der Waals surface area contributed by atoms with Gasteiger partial charge in [-0.2, -0.15) is 6.42 Å². The summed E-state index contributed by atoms with van der Waals surface area (Å²) >= 11 is 4.65. The summed E-state index contributed by atoms with van der Waals surface area (Å²) in [6.07, 6.45) is 14.5. The van der Waals surface area contributed by atoms with Crippen molar-refractivity contribution in [3.63, 3.8) is 0 Å². The molecule has 0 aliphatic heterocycles. The van der Waals surface area contributed by atoms with Crippen LogP contribution < -0.4 is 0 Å². The van der Waals surface area contributed by atoms with E-state index < -0.39 is 0 Å². The molecule has 1 rings (SSSR count). The fourth-order valence-electron chi connectivity index (χ4n) is 0.786. The van der Waals surface area contributed by atoms with E-state index in [9.17, 15) is 0 Å². The van der Waals surface area contributed by atoms with Crippen molar-refractivity contribution in [1.82, 2.24) is 0 Å². The van der Waals surface area contributed by atoms with Gasteiger partial charge in [-0.25, -0.2) is 0 Å². The SMILES string of the molecule is [C-]1=CCCC=CCC1.[I][Pd][I]. The molecule has 1 aliphatic rings.